The highest BCUT2D eigenvalue weighted by atomic mass is 35.5. The minimum absolute atomic E-state index is 0. The second-order valence-electron chi connectivity index (χ2n) is 5.30. The van der Waals surface area contributed by atoms with Crippen molar-refractivity contribution in [2.45, 2.75) is 0 Å². The minimum atomic E-state index is 0. The predicted molar refractivity (Wildman–Crippen MR) is 90.2 cm³/mol. The SMILES string of the molecule is COc1ccc(-c2nc(C#N)c(N3CCN(C)CC3)o2)cc1.Cl. The van der Waals surface area contributed by atoms with Crippen molar-refractivity contribution in [1.82, 2.24) is 9.88 Å². The molecule has 0 saturated carbocycles. The third-order valence-electron chi connectivity index (χ3n) is 3.84. The number of oxazole rings is 1. The second kappa shape index (κ2) is 7.36. The number of nitrogens with zero attached hydrogens (tertiary/aromatic N) is 4. The molecule has 6 nitrogen and oxygen atoms in total. The third-order valence-corrected chi connectivity index (χ3v) is 3.84. The zero-order valence-electron chi connectivity index (χ0n) is 13.2. The first-order chi connectivity index (χ1) is 10.7. The summed E-state index contributed by atoms with van der Waals surface area (Å²) in [6.07, 6.45) is 0. The molecule has 2 heterocycles. The fraction of sp³-hybridized carbons (Fsp3) is 0.375. The average Bonchev–Trinajstić information content (AvgIpc) is 3.00. The maximum atomic E-state index is 9.31. The van der Waals surface area contributed by atoms with Crippen LogP contribution >= 0.6 is 12.4 Å². The first-order valence-corrected chi connectivity index (χ1v) is 7.20. The number of anilines is 1. The number of methoxy groups -OCH3 is 1. The smallest absolute Gasteiger partial charge is 0.235 e. The Hall–Kier alpha value is -2.23. The highest BCUT2D eigenvalue weighted by Crippen LogP contribution is 2.29. The van der Waals surface area contributed by atoms with Gasteiger partial charge in [0.15, 0.2) is 0 Å². The average molecular weight is 335 g/mol. The maximum Gasteiger partial charge on any atom is 0.235 e. The lowest BCUT2D eigenvalue weighted by atomic mass is 10.2. The fourth-order valence-corrected chi connectivity index (χ4v) is 2.47. The van der Waals surface area contributed by atoms with Gasteiger partial charge >= 0.3 is 0 Å². The molecule has 0 radical (unpaired) electrons. The summed E-state index contributed by atoms with van der Waals surface area (Å²) in [6, 6.07) is 9.58. The molecular weight excluding hydrogens is 316 g/mol. The molecule has 0 spiro atoms. The lowest BCUT2D eigenvalue weighted by Crippen LogP contribution is -2.44. The molecular formula is C16H19ClN4O2. The Morgan fingerprint density at radius 3 is 2.39 bits per heavy atom. The van der Waals surface area contributed by atoms with Crippen molar-refractivity contribution in [3.63, 3.8) is 0 Å². The summed E-state index contributed by atoms with van der Waals surface area (Å²) in [7, 11) is 3.71. The van der Waals surface area contributed by atoms with Gasteiger partial charge in [0.25, 0.3) is 0 Å². The van der Waals surface area contributed by atoms with Crippen LogP contribution in [0.5, 0.6) is 5.75 Å². The Labute approximate surface area is 141 Å². The molecule has 0 aliphatic carbocycles. The zero-order chi connectivity index (χ0) is 15.5. The monoisotopic (exact) mass is 334 g/mol. The van der Waals surface area contributed by atoms with Crippen molar-refractivity contribution in [2.75, 3.05) is 45.2 Å². The Balaban J connectivity index is 0.00000192. The van der Waals surface area contributed by atoms with E-state index in [2.05, 4.69) is 27.9 Å². The number of piperazine rings is 1. The van der Waals surface area contributed by atoms with E-state index in [0.717, 1.165) is 37.5 Å². The number of benzene rings is 1. The first-order valence-electron chi connectivity index (χ1n) is 7.20. The number of ether oxygens (including phenoxy) is 1. The van der Waals surface area contributed by atoms with Crippen LogP contribution in [0.4, 0.5) is 5.88 Å². The molecule has 7 heteroatoms. The third kappa shape index (κ3) is 3.58. The van der Waals surface area contributed by atoms with Crippen LogP contribution in [-0.2, 0) is 0 Å². The molecule has 1 saturated heterocycles. The summed E-state index contributed by atoms with van der Waals surface area (Å²) in [5.74, 6) is 1.81. The van der Waals surface area contributed by atoms with Crippen molar-refractivity contribution in [3.8, 4) is 23.3 Å². The molecule has 0 atom stereocenters. The number of aromatic nitrogens is 1. The van der Waals surface area contributed by atoms with Gasteiger partial charge in [0.2, 0.25) is 17.5 Å². The standard InChI is InChI=1S/C16H18N4O2.ClH/c1-19-7-9-20(10-8-19)16-14(11-17)18-15(22-16)12-3-5-13(21-2)6-4-12;/h3-6H,7-10H2,1-2H3;1H. The molecule has 1 fully saturated rings. The second-order valence-corrected chi connectivity index (χ2v) is 5.30. The molecule has 0 amide bonds. The van der Waals surface area contributed by atoms with Gasteiger partial charge in [-0.1, -0.05) is 0 Å². The van der Waals surface area contributed by atoms with Crippen LogP contribution in [0.3, 0.4) is 0 Å². The van der Waals surface area contributed by atoms with E-state index < -0.39 is 0 Å². The molecule has 0 N–H and O–H groups in total. The van der Waals surface area contributed by atoms with Crippen molar-refractivity contribution in [3.05, 3.63) is 30.0 Å². The number of hydrogen-bond donors (Lipinski definition) is 0. The zero-order valence-corrected chi connectivity index (χ0v) is 14.0. The van der Waals surface area contributed by atoms with Crippen molar-refractivity contribution in [2.24, 2.45) is 0 Å². The normalized spacial score (nSPS) is 14.9. The van der Waals surface area contributed by atoms with Crippen molar-refractivity contribution < 1.29 is 9.15 Å². The van der Waals surface area contributed by atoms with Gasteiger partial charge in [-0.3, -0.25) is 0 Å². The number of nitriles is 1. The minimum Gasteiger partial charge on any atom is -0.497 e. The van der Waals surface area contributed by atoms with Crippen molar-refractivity contribution in [1.29, 1.82) is 5.26 Å². The quantitative estimate of drug-likeness (QED) is 0.858. The van der Waals surface area contributed by atoms with E-state index in [1.165, 1.54) is 0 Å². The summed E-state index contributed by atoms with van der Waals surface area (Å²) in [5.41, 5.74) is 1.17. The van der Waals surface area contributed by atoms with E-state index >= 15 is 0 Å². The molecule has 1 aromatic heterocycles. The molecule has 2 aromatic rings. The van der Waals surface area contributed by atoms with E-state index in [4.69, 9.17) is 9.15 Å². The van der Waals surface area contributed by atoms with Gasteiger partial charge in [0.1, 0.15) is 11.8 Å². The number of halogens is 1. The summed E-state index contributed by atoms with van der Waals surface area (Å²) in [5, 5.41) is 9.31. The largest absolute Gasteiger partial charge is 0.497 e. The van der Waals surface area contributed by atoms with Crippen molar-refractivity contribution >= 4 is 18.3 Å². The Bertz CT molecular complexity index is 685. The number of hydrogen-bond acceptors (Lipinski definition) is 6. The van der Waals surface area contributed by atoms with Crippen LogP contribution in [0.2, 0.25) is 0 Å². The topological polar surface area (TPSA) is 65.5 Å². The molecule has 3 rings (SSSR count). The van der Waals surface area contributed by atoms with Gasteiger partial charge < -0.3 is 19.0 Å². The first kappa shape index (κ1) is 17.1. The van der Waals surface area contributed by atoms with E-state index in [1.807, 2.05) is 24.3 Å². The number of rotatable bonds is 3. The molecule has 1 aliphatic heterocycles. The van der Waals surface area contributed by atoms with Crippen LogP contribution in [0.25, 0.3) is 11.5 Å². The van der Waals surface area contributed by atoms with E-state index in [1.54, 1.807) is 7.11 Å². The van der Waals surface area contributed by atoms with E-state index in [0.29, 0.717) is 17.5 Å². The highest BCUT2D eigenvalue weighted by molar-refractivity contribution is 5.85. The summed E-state index contributed by atoms with van der Waals surface area (Å²) in [6.45, 7) is 3.57. The lowest BCUT2D eigenvalue weighted by Gasteiger charge is -2.31. The molecule has 0 unspecified atom stereocenters. The van der Waals surface area contributed by atoms with Crippen LogP contribution < -0.4 is 9.64 Å². The van der Waals surface area contributed by atoms with Crippen LogP contribution in [-0.4, -0.2) is 50.2 Å². The van der Waals surface area contributed by atoms with Gasteiger partial charge in [-0.25, -0.2) is 0 Å². The van der Waals surface area contributed by atoms with Gasteiger partial charge in [0.05, 0.1) is 7.11 Å². The molecule has 1 aliphatic rings. The van der Waals surface area contributed by atoms with E-state index in [-0.39, 0.29) is 12.4 Å². The van der Waals surface area contributed by atoms with E-state index in [9.17, 15) is 5.26 Å². The van der Waals surface area contributed by atoms with Gasteiger partial charge in [-0.2, -0.15) is 10.2 Å². The number of likely N-dealkylation sites (N-methyl/N-ethyl adjacent to an activating group) is 1. The maximum absolute atomic E-state index is 9.31. The molecule has 122 valence electrons. The van der Waals surface area contributed by atoms with Gasteiger partial charge in [-0.15, -0.1) is 12.4 Å². The van der Waals surface area contributed by atoms with Crippen LogP contribution in [0.1, 0.15) is 5.69 Å². The Morgan fingerprint density at radius 1 is 1.17 bits per heavy atom. The van der Waals surface area contributed by atoms with Crippen LogP contribution in [0.15, 0.2) is 28.7 Å². The summed E-state index contributed by atoms with van der Waals surface area (Å²) in [4.78, 5) is 8.66. The van der Waals surface area contributed by atoms with Gasteiger partial charge in [0, 0.05) is 31.7 Å². The van der Waals surface area contributed by atoms with Gasteiger partial charge in [-0.05, 0) is 31.3 Å². The Kier molecular flexibility index (Phi) is 5.48. The summed E-state index contributed by atoms with van der Waals surface area (Å²) < 4.78 is 11.0. The molecule has 0 bridgehead atoms. The summed E-state index contributed by atoms with van der Waals surface area (Å²) >= 11 is 0. The predicted octanol–water partition coefficient (Wildman–Crippen LogP) is 2.40. The fourth-order valence-electron chi connectivity index (χ4n) is 2.47. The highest BCUT2D eigenvalue weighted by Gasteiger charge is 2.23. The van der Waals surface area contributed by atoms with Crippen LogP contribution in [0, 0.1) is 11.3 Å². The molecule has 23 heavy (non-hydrogen) atoms. The Morgan fingerprint density at radius 2 is 1.83 bits per heavy atom. The lowest BCUT2D eigenvalue weighted by molar-refractivity contribution is 0.306. The molecule has 1 aromatic carbocycles.